The number of benzene rings is 2. The van der Waals surface area contributed by atoms with Crippen molar-refractivity contribution in [3.63, 3.8) is 0 Å². The molecule has 0 aliphatic heterocycles. The maximum absolute atomic E-state index is 12.3. The second-order valence-corrected chi connectivity index (χ2v) is 7.76. The Kier molecular flexibility index (Phi) is 5.53. The molecule has 0 unspecified atom stereocenters. The molecule has 5 nitrogen and oxygen atoms in total. The zero-order valence-corrected chi connectivity index (χ0v) is 17.0. The van der Waals surface area contributed by atoms with E-state index in [1.54, 1.807) is 12.3 Å². The summed E-state index contributed by atoms with van der Waals surface area (Å²) in [5.41, 5.74) is 6.37. The molecule has 0 atom stereocenters. The number of ketones is 1. The first kappa shape index (κ1) is 19.1. The highest BCUT2D eigenvalue weighted by molar-refractivity contribution is 7.99. The van der Waals surface area contributed by atoms with Crippen molar-refractivity contribution in [2.45, 2.75) is 19.0 Å². The van der Waals surface area contributed by atoms with Crippen molar-refractivity contribution in [3.8, 4) is 22.5 Å². The maximum Gasteiger partial charge on any atom is 0.210 e. The summed E-state index contributed by atoms with van der Waals surface area (Å²) < 4.78 is 0. The third kappa shape index (κ3) is 4.43. The Morgan fingerprint density at radius 1 is 0.862 bits per heavy atom. The molecule has 1 N–H and O–H groups in total. The summed E-state index contributed by atoms with van der Waals surface area (Å²) in [4.78, 5) is 19.9. The minimum atomic E-state index is 0.00287. The molecule has 0 aliphatic carbocycles. The van der Waals surface area contributed by atoms with Crippen LogP contribution in [0.4, 0.5) is 0 Å². The largest absolute Gasteiger partial charge is 0.359 e. The highest BCUT2D eigenvalue weighted by Crippen LogP contribution is 2.30. The molecule has 4 rings (SSSR count). The van der Waals surface area contributed by atoms with Crippen LogP contribution in [0.1, 0.15) is 21.6 Å². The van der Waals surface area contributed by atoms with Crippen LogP contribution in [-0.4, -0.2) is 31.7 Å². The number of thioether (sulfide) groups is 1. The summed E-state index contributed by atoms with van der Waals surface area (Å²) in [5, 5.41) is 9.22. The molecule has 0 fully saturated rings. The van der Waals surface area contributed by atoms with E-state index in [9.17, 15) is 4.79 Å². The molecule has 2 aromatic carbocycles. The second-order valence-electron chi connectivity index (χ2n) is 6.82. The van der Waals surface area contributed by atoms with E-state index in [1.807, 2.05) is 42.5 Å². The molecule has 144 valence electrons. The van der Waals surface area contributed by atoms with Crippen molar-refractivity contribution < 1.29 is 4.79 Å². The number of hydrogen-bond acceptors (Lipinski definition) is 5. The van der Waals surface area contributed by atoms with Gasteiger partial charge in [-0.05, 0) is 26.0 Å². The van der Waals surface area contributed by atoms with Crippen molar-refractivity contribution in [2.24, 2.45) is 0 Å². The highest BCUT2D eigenvalue weighted by atomic mass is 32.2. The third-order valence-corrected chi connectivity index (χ3v) is 5.39. The van der Waals surface area contributed by atoms with Gasteiger partial charge in [0.2, 0.25) is 5.16 Å². The van der Waals surface area contributed by atoms with Crippen molar-refractivity contribution in [3.05, 3.63) is 83.7 Å². The van der Waals surface area contributed by atoms with Gasteiger partial charge in [-0.1, -0.05) is 71.4 Å². The summed E-state index contributed by atoms with van der Waals surface area (Å²) in [6.07, 6.45) is 1.74. The number of nitrogens with one attached hydrogen (secondary N) is 1. The fourth-order valence-corrected chi connectivity index (χ4v) is 3.57. The molecule has 0 aliphatic rings. The Morgan fingerprint density at radius 2 is 1.48 bits per heavy atom. The summed E-state index contributed by atoms with van der Waals surface area (Å²) in [7, 11) is 0. The summed E-state index contributed by atoms with van der Waals surface area (Å²) in [5.74, 6) is 0.252. The molecule has 0 radical (unpaired) electrons. The predicted molar refractivity (Wildman–Crippen MR) is 116 cm³/mol. The van der Waals surface area contributed by atoms with Crippen LogP contribution in [0.25, 0.3) is 22.5 Å². The first-order valence-corrected chi connectivity index (χ1v) is 10.3. The molecule has 0 saturated carbocycles. The van der Waals surface area contributed by atoms with E-state index in [2.05, 4.69) is 41.2 Å². The average Bonchev–Trinajstić information content (AvgIpc) is 3.28. The van der Waals surface area contributed by atoms with Crippen LogP contribution in [0.15, 0.2) is 72.0 Å². The van der Waals surface area contributed by atoms with Gasteiger partial charge in [0.25, 0.3) is 0 Å². The van der Waals surface area contributed by atoms with E-state index in [0.717, 1.165) is 22.5 Å². The molecule has 0 amide bonds. The topological polar surface area (TPSA) is 71.5 Å². The van der Waals surface area contributed by atoms with Gasteiger partial charge in [0.05, 0.1) is 11.4 Å². The number of H-pyrrole nitrogens is 1. The predicted octanol–water partition coefficient (Wildman–Crippen LogP) is 5.13. The fourth-order valence-electron chi connectivity index (χ4n) is 2.90. The number of carbonyl (C=O) groups excluding carboxylic acids is 1. The first-order chi connectivity index (χ1) is 14.1. The molecule has 0 saturated heterocycles. The Bertz CT molecular complexity index is 1120. The van der Waals surface area contributed by atoms with Crippen LogP contribution >= 0.6 is 11.8 Å². The van der Waals surface area contributed by atoms with Gasteiger partial charge in [-0.15, -0.1) is 10.2 Å². The van der Waals surface area contributed by atoms with Gasteiger partial charge in [-0.2, -0.15) is 0 Å². The van der Waals surface area contributed by atoms with Gasteiger partial charge in [0.15, 0.2) is 5.78 Å². The van der Waals surface area contributed by atoms with Gasteiger partial charge in [0, 0.05) is 17.3 Å². The maximum atomic E-state index is 12.3. The molecule has 4 aromatic rings. The number of nitrogens with zero attached hydrogens (tertiary/aromatic N) is 3. The Labute approximate surface area is 173 Å². The van der Waals surface area contributed by atoms with Gasteiger partial charge in [-0.25, -0.2) is 4.98 Å². The summed E-state index contributed by atoms with van der Waals surface area (Å²) >= 11 is 1.29. The van der Waals surface area contributed by atoms with E-state index in [1.165, 1.54) is 22.9 Å². The molecule has 2 aromatic heterocycles. The molecular formula is C23H20N4OS. The van der Waals surface area contributed by atoms with Gasteiger partial charge in [0.1, 0.15) is 11.4 Å². The lowest BCUT2D eigenvalue weighted by molar-refractivity contribution is 0.101. The van der Waals surface area contributed by atoms with Crippen molar-refractivity contribution in [1.82, 2.24) is 20.2 Å². The molecule has 0 bridgehead atoms. The van der Waals surface area contributed by atoms with Crippen LogP contribution in [0, 0.1) is 13.8 Å². The lowest BCUT2D eigenvalue weighted by Crippen LogP contribution is -2.05. The Balaban J connectivity index is 1.68. The molecule has 29 heavy (non-hydrogen) atoms. The Hall–Kier alpha value is -3.25. The fraction of sp³-hybridized carbons (Fsp3) is 0.130. The summed E-state index contributed by atoms with van der Waals surface area (Å²) in [6.45, 7) is 4.10. The standard InChI is InChI=1S/C23H20N4OS/c1-15-5-9-17(10-6-15)21-22(18-11-7-16(2)8-12-18)26-27-23(25-21)29-14-20(28)19-4-3-13-24-19/h3-13,24H,14H2,1-2H3. The van der Waals surface area contributed by atoms with Crippen LogP contribution in [-0.2, 0) is 0 Å². The zero-order chi connectivity index (χ0) is 20.2. The van der Waals surface area contributed by atoms with E-state index in [0.29, 0.717) is 10.9 Å². The lowest BCUT2D eigenvalue weighted by Gasteiger charge is -2.10. The van der Waals surface area contributed by atoms with E-state index >= 15 is 0 Å². The molecule has 6 heteroatoms. The third-order valence-electron chi connectivity index (χ3n) is 4.55. The average molecular weight is 401 g/mol. The number of hydrogen-bond donors (Lipinski definition) is 1. The van der Waals surface area contributed by atoms with Gasteiger partial charge in [-0.3, -0.25) is 4.79 Å². The minimum absolute atomic E-state index is 0.00287. The zero-order valence-electron chi connectivity index (χ0n) is 16.2. The number of aryl methyl sites for hydroxylation is 2. The summed E-state index contributed by atoms with van der Waals surface area (Å²) in [6, 6.07) is 19.9. The van der Waals surface area contributed by atoms with Crippen LogP contribution in [0.2, 0.25) is 0 Å². The number of aromatic nitrogens is 4. The SMILES string of the molecule is Cc1ccc(-c2nnc(SCC(=O)c3ccc[nH]3)nc2-c2ccc(C)cc2)cc1. The van der Waals surface area contributed by atoms with Crippen LogP contribution in [0.5, 0.6) is 0 Å². The van der Waals surface area contributed by atoms with Crippen molar-refractivity contribution in [1.29, 1.82) is 0 Å². The van der Waals surface area contributed by atoms with Gasteiger partial charge >= 0.3 is 0 Å². The number of aromatic amines is 1. The Morgan fingerprint density at radius 3 is 2.07 bits per heavy atom. The van der Waals surface area contributed by atoms with Crippen LogP contribution in [0.3, 0.4) is 0 Å². The number of rotatable bonds is 6. The van der Waals surface area contributed by atoms with E-state index in [4.69, 9.17) is 4.98 Å². The molecular weight excluding hydrogens is 380 g/mol. The second kappa shape index (κ2) is 8.41. The van der Waals surface area contributed by atoms with Gasteiger partial charge < -0.3 is 4.98 Å². The number of Topliss-reactive ketones (excluding diaryl/α,β-unsaturated/α-hetero) is 1. The van der Waals surface area contributed by atoms with Crippen molar-refractivity contribution in [2.75, 3.05) is 5.75 Å². The number of carbonyl (C=O) groups is 1. The molecule has 2 heterocycles. The quantitative estimate of drug-likeness (QED) is 0.359. The molecule has 0 spiro atoms. The smallest absolute Gasteiger partial charge is 0.210 e. The highest BCUT2D eigenvalue weighted by Gasteiger charge is 2.15. The minimum Gasteiger partial charge on any atom is -0.359 e. The monoisotopic (exact) mass is 400 g/mol. The first-order valence-electron chi connectivity index (χ1n) is 9.28. The van der Waals surface area contributed by atoms with Crippen molar-refractivity contribution >= 4 is 17.5 Å². The van der Waals surface area contributed by atoms with Crippen LogP contribution < -0.4 is 0 Å². The van der Waals surface area contributed by atoms with E-state index < -0.39 is 0 Å². The van der Waals surface area contributed by atoms with E-state index in [-0.39, 0.29) is 11.5 Å². The lowest BCUT2D eigenvalue weighted by atomic mass is 10.0. The normalized spacial score (nSPS) is 10.8.